The third-order valence-electron chi connectivity index (χ3n) is 3.30. The van der Waals surface area contributed by atoms with Crippen molar-refractivity contribution < 1.29 is 10.2 Å². The smallest absolute Gasteiger partial charge is 0.137 e. The largest absolute Gasteiger partial charge is 0.506 e. The third kappa shape index (κ3) is 3.45. The van der Waals surface area contributed by atoms with Crippen LogP contribution in [0.4, 0.5) is 0 Å². The number of aromatic hydroxyl groups is 2. The van der Waals surface area contributed by atoms with E-state index in [1.54, 1.807) is 12.2 Å². The molecule has 0 fully saturated rings. The van der Waals surface area contributed by atoms with Crippen LogP contribution in [0.5, 0.6) is 11.5 Å². The van der Waals surface area contributed by atoms with Gasteiger partial charge in [0.15, 0.2) is 0 Å². The van der Waals surface area contributed by atoms with Gasteiger partial charge in [0.2, 0.25) is 0 Å². The van der Waals surface area contributed by atoms with E-state index in [4.69, 9.17) is 0 Å². The lowest BCUT2D eigenvalue weighted by molar-refractivity contribution is 0.465. The van der Waals surface area contributed by atoms with Gasteiger partial charge in [0.05, 0.1) is 8.95 Å². The van der Waals surface area contributed by atoms with Crippen molar-refractivity contribution in [2.24, 2.45) is 0 Å². The van der Waals surface area contributed by atoms with Gasteiger partial charge >= 0.3 is 0 Å². The molecule has 0 aliphatic carbocycles. The first-order valence-corrected chi connectivity index (χ1v) is 8.31. The fourth-order valence-electron chi connectivity index (χ4n) is 2.29. The van der Waals surface area contributed by atoms with Crippen molar-refractivity contribution in [1.29, 1.82) is 0 Å². The molecular formula is C18H16Br2O2. The van der Waals surface area contributed by atoms with Gasteiger partial charge in [-0.1, -0.05) is 12.2 Å². The normalized spacial score (nSPS) is 10.5. The van der Waals surface area contributed by atoms with E-state index in [0.29, 0.717) is 32.9 Å². The Kier molecular flexibility index (Phi) is 5.48. The summed E-state index contributed by atoms with van der Waals surface area (Å²) in [6, 6.07) is 7.42. The van der Waals surface area contributed by atoms with Crippen LogP contribution in [-0.2, 0) is 12.8 Å². The van der Waals surface area contributed by atoms with E-state index in [1.165, 1.54) is 0 Å². The van der Waals surface area contributed by atoms with Gasteiger partial charge in [-0.15, -0.1) is 13.2 Å². The zero-order valence-corrected chi connectivity index (χ0v) is 15.1. The predicted molar refractivity (Wildman–Crippen MR) is 98.4 cm³/mol. The Bertz CT molecular complexity index is 673. The highest BCUT2D eigenvalue weighted by Gasteiger charge is 2.16. The summed E-state index contributed by atoms with van der Waals surface area (Å²) in [4.78, 5) is 0. The second-order valence-electron chi connectivity index (χ2n) is 4.93. The number of phenolic OH excluding ortho intramolecular Hbond substituents is 2. The molecule has 0 bridgehead atoms. The Morgan fingerprint density at radius 1 is 0.773 bits per heavy atom. The number of hydrogen-bond donors (Lipinski definition) is 2. The van der Waals surface area contributed by atoms with Crippen LogP contribution in [0.2, 0.25) is 0 Å². The second-order valence-corrected chi connectivity index (χ2v) is 6.64. The highest BCUT2D eigenvalue weighted by molar-refractivity contribution is 9.11. The molecule has 0 spiro atoms. The van der Waals surface area contributed by atoms with Crippen LogP contribution in [-0.4, -0.2) is 10.2 Å². The number of benzene rings is 2. The summed E-state index contributed by atoms with van der Waals surface area (Å²) in [5.74, 6) is 0.205. The number of allylic oxidation sites excluding steroid dienone is 2. The summed E-state index contributed by atoms with van der Waals surface area (Å²) in [5, 5.41) is 20.7. The van der Waals surface area contributed by atoms with E-state index in [0.717, 1.165) is 11.1 Å². The van der Waals surface area contributed by atoms with Gasteiger partial charge in [-0.05, 0) is 80.1 Å². The monoisotopic (exact) mass is 422 g/mol. The van der Waals surface area contributed by atoms with E-state index >= 15 is 0 Å². The molecule has 0 aliphatic heterocycles. The van der Waals surface area contributed by atoms with Crippen molar-refractivity contribution >= 4 is 31.9 Å². The average Bonchev–Trinajstić information content (AvgIpc) is 2.47. The minimum absolute atomic E-state index is 0.103. The molecule has 2 aromatic rings. The predicted octanol–water partition coefficient (Wildman–Crippen LogP) is 5.75. The fraction of sp³-hybridized carbons (Fsp3) is 0.111. The Hall–Kier alpha value is -1.52. The lowest BCUT2D eigenvalue weighted by Crippen LogP contribution is -1.90. The molecule has 2 N–H and O–H groups in total. The van der Waals surface area contributed by atoms with Crippen molar-refractivity contribution in [3.8, 4) is 22.6 Å². The van der Waals surface area contributed by atoms with Crippen LogP contribution < -0.4 is 0 Å². The summed E-state index contributed by atoms with van der Waals surface area (Å²) in [7, 11) is 0. The van der Waals surface area contributed by atoms with E-state index in [2.05, 4.69) is 45.0 Å². The zero-order valence-electron chi connectivity index (χ0n) is 11.9. The summed E-state index contributed by atoms with van der Waals surface area (Å²) < 4.78 is 1.18. The van der Waals surface area contributed by atoms with Crippen LogP contribution in [0, 0.1) is 0 Å². The van der Waals surface area contributed by atoms with E-state index in [-0.39, 0.29) is 11.5 Å². The van der Waals surface area contributed by atoms with Gasteiger partial charge in [-0.25, -0.2) is 0 Å². The molecule has 2 nitrogen and oxygen atoms in total. The first kappa shape index (κ1) is 16.8. The SMILES string of the molecule is C=CCc1cc(Br)c(O)c(-c2cc(CC=C)cc(Br)c2O)c1. The van der Waals surface area contributed by atoms with E-state index in [9.17, 15) is 10.2 Å². The van der Waals surface area contributed by atoms with Crippen LogP contribution >= 0.6 is 31.9 Å². The fourth-order valence-corrected chi connectivity index (χ4v) is 3.31. The summed E-state index contributed by atoms with van der Waals surface area (Å²) in [5.41, 5.74) is 3.16. The molecule has 0 aliphatic rings. The lowest BCUT2D eigenvalue weighted by Gasteiger charge is -2.13. The van der Waals surface area contributed by atoms with Gasteiger partial charge in [-0.3, -0.25) is 0 Å². The Balaban J connectivity index is 2.69. The Morgan fingerprint density at radius 3 is 1.45 bits per heavy atom. The topological polar surface area (TPSA) is 40.5 Å². The minimum atomic E-state index is 0.103. The molecule has 0 amide bonds. The van der Waals surface area contributed by atoms with Crippen molar-refractivity contribution in [1.82, 2.24) is 0 Å². The van der Waals surface area contributed by atoms with Crippen molar-refractivity contribution in [3.05, 3.63) is 69.6 Å². The van der Waals surface area contributed by atoms with Crippen LogP contribution in [0.15, 0.2) is 58.5 Å². The molecule has 0 saturated heterocycles. The van der Waals surface area contributed by atoms with Gasteiger partial charge in [-0.2, -0.15) is 0 Å². The Morgan fingerprint density at radius 2 is 1.14 bits per heavy atom. The van der Waals surface area contributed by atoms with Gasteiger partial charge in [0.1, 0.15) is 11.5 Å². The third-order valence-corrected chi connectivity index (χ3v) is 4.51. The molecule has 114 valence electrons. The maximum atomic E-state index is 10.4. The summed E-state index contributed by atoms with van der Waals surface area (Å²) in [6.07, 6.45) is 4.96. The molecule has 0 aromatic heterocycles. The first-order chi connectivity index (χ1) is 10.5. The number of hydrogen-bond acceptors (Lipinski definition) is 2. The lowest BCUT2D eigenvalue weighted by atomic mass is 9.97. The number of rotatable bonds is 5. The van der Waals surface area contributed by atoms with E-state index in [1.807, 2.05) is 24.3 Å². The molecule has 0 atom stereocenters. The minimum Gasteiger partial charge on any atom is -0.506 e. The molecule has 2 aromatic carbocycles. The number of halogens is 2. The van der Waals surface area contributed by atoms with Gasteiger partial charge in [0.25, 0.3) is 0 Å². The van der Waals surface area contributed by atoms with Crippen molar-refractivity contribution in [3.63, 3.8) is 0 Å². The first-order valence-electron chi connectivity index (χ1n) is 6.72. The van der Waals surface area contributed by atoms with Crippen LogP contribution in [0.3, 0.4) is 0 Å². The highest BCUT2D eigenvalue weighted by Crippen LogP contribution is 2.43. The molecule has 0 unspecified atom stereocenters. The summed E-state index contributed by atoms with van der Waals surface area (Å²) >= 11 is 6.73. The molecule has 4 heteroatoms. The molecule has 0 heterocycles. The maximum absolute atomic E-state index is 10.4. The van der Waals surface area contributed by atoms with Crippen molar-refractivity contribution in [2.45, 2.75) is 12.8 Å². The molecule has 0 radical (unpaired) electrons. The molecule has 0 saturated carbocycles. The van der Waals surface area contributed by atoms with Crippen LogP contribution in [0.1, 0.15) is 11.1 Å². The molecule has 22 heavy (non-hydrogen) atoms. The Labute approximate surface area is 147 Å². The standard InChI is InChI=1S/C18H16Br2O2/c1-3-5-11-7-13(17(21)15(19)9-11)14-8-12(6-4-2)10-16(20)18(14)22/h3-4,7-10,21-22H,1-2,5-6H2. The molecule has 2 rings (SSSR count). The summed E-state index contributed by atoms with van der Waals surface area (Å²) in [6.45, 7) is 7.47. The average molecular weight is 424 g/mol. The molecular weight excluding hydrogens is 408 g/mol. The van der Waals surface area contributed by atoms with E-state index < -0.39 is 0 Å². The highest BCUT2D eigenvalue weighted by atomic mass is 79.9. The van der Waals surface area contributed by atoms with Gasteiger partial charge in [0, 0.05) is 11.1 Å². The maximum Gasteiger partial charge on any atom is 0.137 e. The van der Waals surface area contributed by atoms with Gasteiger partial charge < -0.3 is 10.2 Å². The van der Waals surface area contributed by atoms with Crippen molar-refractivity contribution in [2.75, 3.05) is 0 Å². The van der Waals surface area contributed by atoms with Crippen LogP contribution in [0.25, 0.3) is 11.1 Å². The zero-order chi connectivity index (χ0) is 16.3. The quantitative estimate of drug-likeness (QED) is 0.601. The second kappa shape index (κ2) is 7.16. The number of phenols is 2.